The van der Waals surface area contributed by atoms with Gasteiger partial charge in [-0.25, -0.2) is 0 Å². The van der Waals surface area contributed by atoms with Gasteiger partial charge in [-0.2, -0.15) is 0 Å². The van der Waals surface area contributed by atoms with Crippen LogP contribution >= 0.6 is 11.8 Å². The summed E-state index contributed by atoms with van der Waals surface area (Å²) in [6.07, 6.45) is 0.374. The van der Waals surface area contributed by atoms with E-state index in [4.69, 9.17) is 4.74 Å². The smallest absolute Gasteiger partial charge is 0.224 e. The molecule has 18 heavy (non-hydrogen) atoms. The Morgan fingerprint density at radius 3 is 2.83 bits per heavy atom. The molecular weight excluding hydrogens is 246 g/mol. The van der Waals surface area contributed by atoms with Crippen molar-refractivity contribution in [2.45, 2.75) is 37.0 Å². The monoisotopic (exact) mass is 265 g/mol. The lowest BCUT2D eigenvalue weighted by molar-refractivity contribution is -0.123. The van der Waals surface area contributed by atoms with Crippen LogP contribution in [-0.2, 0) is 4.79 Å². The Morgan fingerprint density at radius 2 is 2.17 bits per heavy atom. The van der Waals surface area contributed by atoms with Gasteiger partial charge in [-0.15, -0.1) is 0 Å². The van der Waals surface area contributed by atoms with Crippen LogP contribution in [0.2, 0.25) is 0 Å². The number of amides is 1. The maximum Gasteiger partial charge on any atom is 0.224 e. The molecule has 0 saturated carbocycles. The van der Waals surface area contributed by atoms with Gasteiger partial charge in [-0.3, -0.25) is 4.79 Å². The van der Waals surface area contributed by atoms with Crippen molar-refractivity contribution in [1.82, 2.24) is 5.32 Å². The largest absolute Gasteiger partial charge is 0.475 e. The van der Waals surface area contributed by atoms with E-state index in [1.54, 1.807) is 11.8 Å². The molecular formula is C14H19NO2S. The average Bonchev–Trinajstić information content (AvgIpc) is 2.61. The van der Waals surface area contributed by atoms with Crippen molar-refractivity contribution in [2.75, 3.05) is 6.54 Å². The summed E-state index contributed by atoms with van der Waals surface area (Å²) in [5.41, 5.74) is 0. The number of thioether (sulfide) groups is 1. The van der Waals surface area contributed by atoms with Gasteiger partial charge in [0.05, 0.1) is 11.3 Å². The topological polar surface area (TPSA) is 38.3 Å². The lowest BCUT2D eigenvalue weighted by Crippen LogP contribution is -2.36. The Labute approximate surface area is 112 Å². The number of fused-ring (bicyclic) bond motifs is 1. The Hall–Kier alpha value is -1.16. The Balaban J connectivity index is 1.93. The van der Waals surface area contributed by atoms with Crippen molar-refractivity contribution in [1.29, 1.82) is 0 Å². The molecule has 2 rings (SSSR count). The molecule has 0 spiro atoms. The molecule has 0 radical (unpaired) electrons. The number of benzene rings is 1. The molecule has 4 heteroatoms. The number of ether oxygens (including phenoxy) is 1. The molecule has 1 heterocycles. The summed E-state index contributed by atoms with van der Waals surface area (Å²) in [5, 5.41) is 2.93. The summed E-state index contributed by atoms with van der Waals surface area (Å²) >= 11 is 1.62. The van der Waals surface area contributed by atoms with E-state index in [0.717, 1.165) is 10.6 Å². The van der Waals surface area contributed by atoms with E-state index in [9.17, 15) is 4.79 Å². The highest BCUT2D eigenvalue weighted by Gasteiger charge is 2.37. The third kappa shape index (κ3) is 3.19. The van der Waals surface area contributed by atoms with Gasteiger partial charge in [0.2, 0.25) is 5.91 Å². The molecule has 0 saturated heterocycles. The van der Waals surface area contributed by atoms with E-state index in [1.165, 1.54) is 0 Å². The van der Waals surface area contributed by atoms with Gasteiger partial charge in [0, 0.05) is 6.54 Å². The van der Waals surface area contributed by atoms with Crippen LogP contribution in [-0.4, -0.2) is 17.4 Å². The van der Waals surface area contributed by atoms with Crippen molar-refractivity contribution < 1.29 is 9.53 Å². The third-order valence-electron chi connectivity index (χ3n) is 2.69. The van der Waals surface area contributed by atoms with E-state index < -0.39 is 4.93 Å². The molecule has 1 amide bonds. The summed E-state index contributed by atoms with van der Waals surface area (Å²) in [6.45, 7) is 6.84. The molecule has 1 aromatic rings. The van der Waals surface area contributed by atoms with Crippen LogP contribution in [0.15, 0.2) is 29.2 Å². The minimum Gasteiger partial charge on any atom is -0.475 e. The predicted octanol–water partition coefficient (Wildman–Crippen LogP) is 3.05. The maximum absolute atomic E-state index is 11.9. The summed E-state index contributed by atoms with van der Waals surface area (Å²) in [4.78, 5) is 12.5. The van der Waals surface area contributed by atoms with Gasteiger partial charge in [-0.1, -0.05) is 37.7 Å². The number of carbonyl (C=O) groups excluding carboxylic acids is 1. The van der Waals surface area contributed by atoms with Gasteiger partial charge >= 0.3 is 0 Å². The molecule has 98 valence electrons. The van der Waals surface area contributed by atoms with Gasteiger partial charge in [0.15, 0.2) is 4.93 Å². The van der Waals surface area contributed by atoms with Crippen molar-refractivity contribution in [2.24, 2.45) is 5.92 Å². The second-order valence-corrected chi connectivity index (χ2v) is 6.67. The molecule has 1 aliphatic rings. The van der Waals surface area contributed by atoms with Crippen molar-refractivity contribution in [3.8, 4) is 5.75 Å². The second kappa shape index (κ2) is 5.22. The summed E-state index contributed by atoms with van der Waals surface area (Å²) in [7, 11) is 0. The highest BCUT2D eigenvalue weighted by molar-refractivity contribution is 8.00. The first-order valence-electron chi connectivity index (χ1n) is 6.22. The lowest BCUT2D eigenvalue weighted by atomic mass is 10.2. The van der Waals surface area contributed by atoms with Crippen LogP contribution in [0.25, 0.3) is 0 Å². The zero-order valence-electron chi connectivity index (χ0n) is 11.0. The predicted molar refractivity (Wildman–Crippen MR) is 73.8 cm³/mol. The van der Waals surface area contributed by atoms with Crippen LogP contribution in [0.5, 0.6) is 5.75 Å². The number of carbonyl (C=O) groups is 1. The molecule has 1 unspecified atom stereocenters. The standard InChI is InChI=1S/C14H19NO2S/c1-10(2)9-15-13(16)8-14(3)17-11-6-4-5-7-12(11)18-14/h4-7,10H,8-9H2,1-3H3,(H,15,16). The number of hydrogen-bond acceptors (Lipinski definition) is 3. The molecule has 1 aliphatic heterocycles. The van der Waals surface area contributed by atoms with Crippen LogP contribution < -0.4 is 10.1 Å². The first-order valence-corrected chi connectivity index (χ1v) is 7.04. The number of hydrogen-bond donors (Lipinski definition) is 1. The minimum atomic E-state index is -0.481. The van der Waals surface area contributed by atoms with Crippen molar-refractivity contribution >= 4 is 17.7 Å². The molecule has 0 bridgehead atoms. The third-order valence-corrected chi connectivity index (χ3v) is 3.91. The number of nitrogens with one attached hydrogen (secondary N) is 1. The zero-order valence-corrected chi connectivity index (χ0v) is 11.8. The average molecular weight is 265 g/mol. The highest BCUT2D eigenvalue weighted by Crippen LogP contribution is 2.48. The molecule has 1 aromatic carbocycles. The van der Waals surface area contributed by atoms with Crippen LogP contribution in [0.1, 0.15) is 27.2 Å². The SMILES string of the molecule is CC(C)CNC(=O)CC1(C)Oc2ccccc2S1. The molecule has 0 fully saturated rings. The molecule has 0 aromatic heterocycles. The van der Waals surface area contributed by atoms with Crippen LogP contribution in [0.3, 0.4) is 0 Å². The Morgan fingerprint density at radius 1 is 1.44 bits per heavy atom. The van der Waals surface area contributed by atoms with Crippen LogP contribution in [0, 0.1) is 5.92 Å². The quantitative estimate of drug-likeness (QED) is 0.909. The van der Waals surface area contributed by atoms with E-state index in [1.807, 2.05) is 31.2 Å². The van der Waals surface area contributed by atoms with Crippen molar-refractivity contribution in [3.63, 3.8) is 0 Å². The Kier molecular flexibility index (Phi) is 3.85. The first kappa shape index (κ1) is 13.3. The van der Waals surface area contributed by atoms with Gasteiger partial charge < -0.3 is 10.1 Å². The molecule has 1 N–H and O–H groups in total. The van der Waals surface area contributed by atoms with E-state index in [0.29, 0.717) is 18.9 Å². The summed E-state index contributed by atoms with van der Waals surface area (Å²) in [5.74, 6) is 1.39. The summed E-state index contributed by atoms with van der Waals surface area (Å²) in [6, 6.07) is 7.90. The lowest BCUT2D eigenvalue weighted by Gasteiger charge is -2.22. The molecule has 0 aliphatic carbocycles. The molecule has 1 atom stereocenters. The zero-order chi connectivity index (χ0) is 13.2. The van der Waals surface area contributed by atoms with Gasteiger partial charge in [0.25, 0.3) is 0 Å². The normalized spacial score (nSPS) is 21.6. The fraction of sp³-hybridized carbons (Fsp3) is 0.500. The number of rotatable bonds is 4. The summed E-state index contributed by atoms with van der Waals surface area (Å²) < 4.78 is 5.87. The highest BCUT2D eigenvalue weighted by atomic mass is 32.2. The Bertz CT molecular complexity index is 420. The second-order valence-electron chi connectivity index (χ2n) is 5.16. The van der Waals surface area contributed by atoms with Gasteiger partial charge in [-0.05, 0) is 25.0 Å². The van der Waals surface area contributed by atoms with Crippen molar-refractivity contribution in [3.05, 3.63) is 24.3 Å². The maximum atomic E-state index is 11.9. The van der Waals surface area contributed by atoms with E-state index >= 15 is 0 Å². The van der Waals surface area contributed by atoms with E-state index in [2.05, 4.69) is 19.2 Å². The fourth-order valence-electron chi connectivity index (χ4n) is 1.85. The van der Waals surface area contributed by atoms with E-state index in [-0.39, 0.29) is 5.91 Å². The van der Waals surface area contributed by atoms with Gasteiger partial charge in [0.1, 0.15) is 5.75 Å². The minimum absolute atomic E-state index is 0.0477. The first-order chi connectivity index (χ1) is 8.48. The molecule has 3 nitrogen and oxygen atoms in total. The van der Waals surface area contributed by atoms with Crippen LogP contribution in [0.4, 0.5) is 0 Å². The number of para-hydroxylation sites is 1. The fourth-order valence-corrected chi connectivity index (χ4v) is 3.01.